The van der Waals surface area contributed by atoms with Gasteiger partial charge in [-0.3, -0.25) is 4.99 Å². The quantitative estimate of drug-likeness (QED) is 0.459. The van der Waals surface area contributed by atoms with Crippen LogP contribution in [0.1, 0.15) is 41.0 Å². The molecule has 1 aliphatic rings. The molecule has 1 heterocycles. The third-order valence-corrected chi connectivity index (χ3v) is 3.95. The molecule has 1 aliphatic heterocycles. The molecule has 2 N–H and O–H groups in total. The van der Waals surface area contributed by atoms with Crippen molar-refractivity contribution < 1.29 is 14.0 Å². The summed E-state index contributed by atoms with van der Waals surface area (Å²) in [7, 11) is 1.20. The second kappa shape index (κ2) is 6.74. The molecule has 0 aliphatic carbocycles. The van der Waals surface area contributed by atoms with Gasteiger partial charge < -0.3 is 19.8 Å². The van der Waals surface area contributed by atoms with Gasteiger partial charge in [-0.2, -0.15) is 0 Å². The lowest BCUT2D eigenvalue weighted by Gasteiger charge is -2.32. The fraction of sp³-hybridized carbons (Fsp3) is 0.786. The van der Waals surface area contributed by atoms with Crippen LogP contribution in [-0.4, -0.2) is 44.3 Å². The fourth-order valence-corrected chi connectivity index (χ4v) is 1.96. The lowest BCUT2D eigenvalue weighted by atomic mass is 9.75. The maximum absolute atomic E-state index is 6.02. The summed E-state index contributed by atoms with van der Waals surface area (Å²) in [5, 5.41) is 0. The van der Waals surface area contributed by atoms with E-state index >= 15 is 0 Å². The van der Waals surface area contributed by atoms with Gasteiger partial charge in [-0.1, -0.05) is 6.92 Å². The van der Waals surface area contributed by atoms with Gasteiger partial charge in [0.05, 0.1) is 24.4 Å². The van der Waals surface area contributed by atoms with Gasteiger partial charge in [-0.25, -0.2) is 0 Å². The van der Waals surface area contributed by atoms with Crippen LogP contribution in [0.3, 0.4) is 0 Å². The Morgan fingerprint density at radius 3 is 2.20 bits per heavy atom. The van der Waals surface area contributed by atoms with Crippen LogP contribution in [0.4, 0.5) is 0 Å². The topological polar surface area (TPSA) is 66.1 Å². The Morgan fingerprint density at radius 1 is 1.25 bits per heavy atom. The van der Waals surface area contributed by atoms with E-state index in [9.17, 15) is 0 Å². The number of hydrogen-bond acceptors (Lipinski definition) is 5. The standard InChI is InChI=1S/C14H27BN2O3/c1-7-12(17-8-9-18-6)11(10-16)15-19-13(2,3)14(4,5)20-15/h10H,7-9,16H2,1-6H3/b11-10+,17-12?. The number of ether oxygens (including phenoxy) is 1. The molecule has 0 spiro atoms. The summed E-state index contributed by atoms with van der Waals surface area (Å²) in [5.74, 6) is 0. The molecule has 1 saturated heterocycles. The third kappa shape index (κ3) is 3.62. The maximum atomic E-state index is 6.02. The van der Waals surface area contributed by atoms with E-state index in [2.05, 4.69) is 4.99 Å². The molecule has 0 saturated carbocycles. The van der Waals surface area contributed by atoms with Gasteiger partial charge >= 0.3 is 7.12 Å². The van der Waals surface area contributed by atoms with Crippen molar-refractivity contribution in [1.82, 2.24) is 0 Å². The van der Waals surface area contributed by atoms with Gasteiger partial charge in [0.25, 0.3) is 0 Å². The van der Waals surface area contributed by atoms with Crippen LogP contribution in [0.25, 0.3) is 0 Å². The number of hydrogen-bond donors (Lipinski definition) is 1. The van der Waals surface area contributed by atoms with Crippen molar-refractivity contribution in [3.63, 3.8) is 0 Å². The first kappa shape index (κ1) is 17.2. The van der Waals surface area contributed by atoms with Crippen LogP contribution >= 0.6 is 0 Å². The van der Waals surface area contributed by atoms with Crippen molar-refractivity contribution in [2.75, 3.05) is 20.3 Å². The Kier molecular flexibility index (Phi) is 5.80. The van der Waals surface area contributed by atoms with Crippen LogP contribution in [0.5, 0.6) is 0 Å². The minimum Gasteiger partial charge on any atom is -0.405 e. The number of allylic oxidation sites excluding steroid dienone is 1. The largest absolute Gasteiger partial charge is 0.498 e. The lowest BCUT2D eigenvalue weighted by Crippen LogP contribution is -2.41. The molecule has 0 bridgehead atoms. The van der Waals surface area contributed by atoms with Crippen molar-refractivity contribution in [2.24, 2.45) is 10.7 Å². The maximum Gasteiger partial charge on any atom is 0.498 e. The predicted octanol–water partition coefficient (Wildman–Crippen LogP) is 1.96. The Balaban J connectivity index is 2.90. The van der Waals surface area contributed by atoms with E-state index in [1.54, 1.807) is 7.11 Å². The number of methoxy groups -OCH3 is 1. The molecule has 6 heteroatoms. The molecule has 20 heavy (non-hydrogen) atoms. The minimum atomic E-state index is -0.466. The smallest absolute Gasteiger partial charge is 0.405 e. The highest BCUT2D eigenvalue weighted by molar-refractivity contribution is 6.62. The average Bonchev–Trinajstić information content (AvgIpc) is 2.57. The van der Waals surface area contributed by atoms with E-state index < -0.39 is 7.12 Å². The van der Waals surface area contributed by atoms with Crippen molar-refractivity contribution in [3.05, 3.63) is 11.7 Å². The molecule has 0 atom stereocenters. The van der Waals surface area contributed by atoms with Gasteiger partial charge in [0.15, 0.2) is 0 Å². The van der Waals surface area contributed by atoms with Crippen molar-refractivity contribution in [3.8, 4) is 0 Å². The Bertz CT molecular complexity index is 376. The normalized spacial score (nSPS) is 22.4. The molecular formula is C14H27BN2O3. The molecule has 0 aromatic carbocycles. The summed E-state index contributed by atoms with van der Waals surface area (Å²) >= 11 is 0. The van der Waals surface area contributed by atoms with Gasteiger partial charge in [-0.15, -0.1) is 0 Å². The SMILES string of the molecule is CCC(=NCCOC)/C(=C\N)B1OC(C)(C)C(C)(C)O1. The van der Waals surface area contributed by atoms with Crippen molar-refractivity contribution in [2.45, 2.75) is 52.2 Å². The molecule has 0 aromatic heterocycles. The number of aliphatic imine (C=N–C) groups is 1. The summed E-state index contributed by atoms with van der Waals surface area (Å²) in [4.78, 5) is 4.53. The molecular weight excluding hydrogens is 255 g/mol. The van der Waals surface area contributed by atoms with Gasteiger partial charge in [0.2, 0.25) is 0 Å². The van der Waals surface area contributed by atoms with Crippen LogP contribution in [0.2, 0.25) is 0 Å². The van der Waals surface area contributed by atoms with Crippen molar-refractivity contribution in [1.29, 1.82) is 0 Å². The zero-order chi connectivity index (χ0) is 15.4. The number of rotatable bonds is 6. The van der Waals surface area contributed by atoms with E-state index in [0.717, 1.165) is 17.6 Å². The molecule has 1 rings (SSSR count). The Morgan fingerprint density at radius 2 is 1.80 bits per heavy atom. The minimum absolute atomic E-state index is 0.378. The monoisotopic (exact) mass is 282 g/mol. The summed E-state index contributed by atoms with van der Waals surface area (Å²) in [6, 6.07) is 0. The third-order valence-electron chi connectivity index (χ3n) is 3.95. The summed E-state index contributed by atoms with van der Waals surface area (Å²) in [6.45, 7) is 11.3. The van der Waals surface area contributed by atoms with Gasteiger partial charge in [0, 0.05) is 18.3 Å². The highest BCUT2D eigenvalue weighted by Gasteiger charge is 2.52. The van der Waals surface area contributed by atoms with Crippen LogP contribution < -0.4 is 5.73 Å². The van der Waals surface area contributed by atoms with E-state index in [1.165, 1.54) is 6.20 Å². The Labute approximate surface area is 122 Å². The molecule has 0 radical (unpaired) electrons. The average molecular weight is 282 g/mol. The van der Waals surface area contributed by atoms with E-state index in [-0.39, 0.29) is 11.2 Å². The zero-order valence-corrected chi connectivity index (χ0v) is 13.5. The highest BCUT2D eigenvalue weighted by atomic mass is 16.7. The molecule has 5 nitrogen and oxygen atoms in total. The summed E-state index contributed by atoms with van der Waals surface area (Å²) in [5.41, 5.74) is 6.73. The molecule has 114 valence electrons. The number of nitrogens with zero attached hydrogens (tertiary/aromatic N) is 1. The van der Waals surface area contributed by atoms with E-state index in [0.29, 0.717) is 13.2 Å². The van der Waals surface area contributed by atoms with Gasteiger partial charge in [0.1, 0.15) is 0 Å². The van der Waals surface area contributed by atoms with Crippen LogP contribution in [-0.2, 0) is 14.0 Å². The lowest BCUT2D eigenvalue weighted by molar-refractivity contribution is 0.00578. The molecule has 1 fully saturated rings. The first-order valence-electron chi connectivity index (χ1n) is 7.09. The number of nitrogens with two attached hydrogens (primary N) is 1. The van der Waals surface area contributed by atoms with E-state index in [1.807, 2.05) is 34.6 Å². The predicted molar refractivity (Wildman–Crippen MR) is 82.8 cm³/mol. The van der Waals surface area contributed by atoms with Crippen LogP contribution in [0.15, 0.2) is 16.7 Å². The molecule has 0 amide bonds. The summed E-state index contributed by atoms with van der Waals surface area (Å²) < 4.78 is 17.1. The highest BCUT2D eigenvalue weighted by Crippen LogP contribution is 2.38. The second-order valence-corrected chi connectivity index (χ2v) is 5.89. The molecule has 0 unspecified atom stereocenters. The molecule has 0 aromatic rings. The zero-order valence-electron chi connectivity index (χ0n) is 13.5. The second-order valence-electron chi connectivity index (χ2n) is 5.89. The Hall–Kier alpha value is -0.845. The first-order valence-corrected chi connectivity index (χ1v) is 7.09. The summed E-state index contributed by atoms with van der Waals surface area (Å²) in [6.07, 6.45) is 2.31. The van der Waals surface area contributed by atoms with Crippen LogP contribution in [0, 0.1) is 0 Å². The van der Waals surface area contributed by atoms with Gasteiger partial charge in [-0.05, 0) is 40.3 Å². The van der Waals surface area contributed by atoms with Crippen molar-refractivity contribution >= 4 is 12.8 Å². The fourth-order valence-electron chi connectivity index (χ4n) is 1.96. The van der Waals surface area contributed by atoms with E-state index in [4.69, 9.17) is 19.8 Å². The first-order chi connectivity index (χ1) is 9.29.